The van der Waals surface area contributed by atoms with Crippen molar-refractivity contribution in [2.45, 2.75) is 40.5 Å². The fourth-order valence-corrected chi connectivity index (χ4v) is 6.21. The molecule has 0 saturated carbocycles. The summed E-state index contributed by atoms with van der Waals surface area (Å²) in [5.74, 6) is 0.250. The van der Waals surface area contributed by atoms with Crippen molar-refractivity contribution >= 4 is 39.5 Å². The molecule has 4 aromatic rings. The molecule has 4 rings (SSSR count). The molecule has 0 fully saturated rings. The van der Waals surface area contributed by atoms with Gasteiger partial charge in [0.1, 0.15) is 10.6 Å². The van der Waals surface area contributed by atoms with E-state index in [2.05, 4.69) is 51.2 Å². The van der Waals surface area contributed by atoms with Crippen molar-refractivity contribution in [2.75, 3.05) is 12.4 Å². The fourth-order valence-electron chi connectivity index (χ4n) is 4.06. The summed E-state index contributed by atoms with van der Waals surface area (Å²) >= 11 is 2.84. The Balaban J connectivity index is 1.72. The highest BCUT2D eigenvalue weighted by Crippen LogP contribution is 2.40. The summed E-state index contributed by atoms with van der Waals surface area (Å²) in [5.41, 5.74) is 6.13. The monoisotopic (exact) mass is 506 g/mol. The number of aromatic carboxylic acids is 1. The Kier molecular flexibility index (Phi) is 7.57. The zero-order valence-corrected chi connectivity index (χ0v) is 22.3. The molecule has 0 aliphatic rings. The van der Waals surface area contributed by atoms with E-state index in [-0.39, 0.29) is 4.88 Å². The maximum atomic E-state index is 12.0. The molecule has 0 unspecified atom stereocenters. The molecule has 0 saturated heterocycles. The van der Waals surface area contributed by atoms with Gasteiger partial charge in [-0.1, -0.05) is 45.0 Å². The van der Waals surface area contributed by atoms with E-state index < -0.39 is 5.97 Å². The van der Waals surface area contributed by atoms with Crippen molar-refractivity contribution in [2.24, 2.45) is 5.92 Å². The van der Waals surface area contributed by atoms with E-state index >= 15 is 0 Å². The Morgan fingerprint density at radius 2 is 1.91 bits per heavy atom. The average Bonchev–Trinajstić information content (AvgIpc) is 3.43. The Morgan fingerprint density at radius 1 is 1.11 bits per heavy atom. The average molecular weight is 507 g/mol. The molecule has 35 heavy (non-hydrogen) atoms. The number of methoxy groups -OCH3 is 1. The van der Waals surface area contributed by atoms with Crippen molar-refractivity contribution in [3.63, 3.8) is 0 Å². The predicted octanol–water partition coefficient (Wildman–Crippen LogP) is 8.06. The van der Waals surface area contributed by atoms with Crippen LogP contribution in [0.1, 0.15) is 46.4 Å². The summed E-state index contributed by atoms with van der Waals surface area (Å²) in [7, 11) is 1.62. The lowest BCUT2D eigenvalue weighted by Crippen LogP contribution is -1.98. The minimum atomic E-state index is -0.961. The van der Waals surface area contributed by atoms with Crippen molar-refractivity contribution in [1.29, 1.82) is 0 Å². The number of hydrogen-bond donors (Lipinski definition) is 2. The van der Waals surface area contributed by atoms with Gasteiger partial charge in [-0.05, 0) is 66.6 Å². The van der Waals surface area contributed by atoms with Crippen LogP contribution in [-0.2, 0) is 12.8 Å². The minimum Gasteiger partial charge on any atom is -0.497 e. The van der Waals surface area contributed by atoms with Gasteiger partial charge >= 0.3 is 5.97 Å². The van der Waals surface area contributed by atoms with Gasteiger partial charge in [0.15, 0.2) is 5.13 Å². The van der Waals surface area contributed by atoms with Crippen molar-refractivity contribution in [1.82, 2.24) is 4.98 Å². The van der Waals surface area contributed by atoms with Crippen molar-refractivity contribution < 1.29 is 14.6 Å². The SMILES string of the molecule is CCc1ccc(-c2nc(Nc3cc(-c4cccc(OC)c4)sc3C(=O)O)sc2CC(C)C)cc1C. The van der Waals surface area contributed by atoms with Gasteiger partial charge in [-0.3, -0.25) is 0 Å². The summed E-state index contributed by atoms with van der Waals surface area (Å²) in [6.07, 6.45) is 1.91. The number of carboxylic acids is 1. The zero-order chi connectivity index (χ0) is 25.1. The topological polar surface area (TPSA) is 71.5 Å². The molecule has 2 aromatic heterocycles. The summed E-state index contributed by atoms with van der Waals surface area (Å²) in [6.45, 7) is 8.70. The van der Waals surface area contributed by atoms with Crippen molar-refractivity contribution in [3.05, 3.63) is 69.4 Å². The third-order valence-electron chi connectivity index (χ3n) is 5.81. The molecule has 0 aliphatic carbocycles. The number of benzene rings is 2. The lowest BCUT2D eigenvalue weighted by molar-refractivity contribution is 0.0703. The van der Waals surface area contributed by atoms with Crippen LogP contribution >= 0.6 is 22.7 Å². The Labute approximate surface area is 214 Å². The third-order valence-corrected chi connectivity index (χ3v) is 7.98. The van der Waals surface area contributed by atoms with Gasteiger partial charge in [-0.2, -0.15) is 0 Å². The maximum Gasteiger partial charge on any atom is 0.348 e. The van der Waals surface area contributed by atoms with Gasteiger partial charge < -0.3 is 15.2 Å². The summed E-state index contributed by atoms with van der Waals surface area (Å²) in [6, 6.07) is 16.0. The molecular weight excluding hydrogens is 476 g/mol. The van der Waals surface area contributed by atoms with E-state index in [0.717, 1.165) is 40.3 Å². The van der Waals surface area contributed by atoms with Gasteiger partial charge in [0.05, 0.1) is 18.5 Å². The zero-order valence-electron chi connectivity index (χ0n) is 20.6. The normalized spacial score (nSPS) is 11.1. The molecule has 5 nitrogen and oxygen atoms in total. The molecule has 0 atom stereocenters. The first-order chi connectivity index (χ1) is 16.8. The number of hydrogen-bond acceptors (Lipinski definition) is 6. The number of rotatable bonds is 9. The molecule has 182 valence electrons. The largest absolute Gasteiger partial charge is 0.497 e. The van der Waals surface area contributed by atoms with Crippen LogP contribution in [0.2, 0.25) is 0 Å². The van der Waals surface area contributed by atoms with Gasteiger partial charge in [0, 0.05) is 15.3 Å². The van der Waals surface area contributed by atoms with Crippen LogP contribution in [-0.4, -0.2) is 23.2 Å². The van der Waals surface area contributed by atoms with E-state index in [1.807, 2.05) is 30.3 Å². The van der Waals surface area contributed by atoms with Crippen LogP contribution in [0, 0.1) is 12.8 Å². The number of aromatic nitrogens is 1. The molecule has 0 radical (unpaired) electrons. The van der Waals surface area contributed by atoms with Crippen LogP contribution < -0.4 is 10.1 Å². The number of carbonyl (C=O) groups is 1. The van der Waals surface area contributed by atoms with Gasteiger partial charge in [0.25, 0.3) is 0 Å². The molecular formula is C28H30N2O3S2. The van der Waals surface area contributed by atoms with E-state index in [0.29, 0.717) is 16.7 Å². The standard InChI is InChI=1S/C28H30N2O3S2/c1-6-18-10-11-20(13-17(18)4)25-24(12-16(2)3)35-28(30-25)29-22-15-23(34-26(22)27(31)32)19-8-7-9-21(14-19)33-5/h7-11,13-16H,6,12H2,1-5H3,(H,29,30)(H,31,32). The Bertz CT molecular complexity index is 1350. The minimum absolute atomic E-state index is 0.258. The molecule has 0 amide bonds. The molecule has 0 spiro atoms. The number of carboxylic acid groups (broad SMARTS) is 1. The number of nitrogens with one attached hydrogen (secondary N) is 1. The number of nitrogens with zero attached hydrogens (tertiary/aromatic N) is 1. The molecule has 2 heterocycles. The van der Waals surface area contributed by atoms with Crippen LogP contribution in [0.25, 0.3) is 21.7 Å². The number of thiazole rings is 1. The van der Waals surface area contributed by atoms with Gasteiger partial charge in [-0.15, -0.1) is 22.7 Å². The maximum absolute atomic E-state index is 12.0. The van der Waals surface area contributed by atoms with E-state index in [1.165, 1.54) is 27.3 Å². The summed E-state index contributed by atoms with van der Waals surface area (Å²) in [4.78, 5) is 19.3. The van der Waals surface area contributed by atoms with Gasteiger partial charge in [-0.25, -0.2) is 9.78 Å². The molecule has 0 bridgehead atoms. The number of ether oxygens (including phenoxy) is 1. The van der Waals surface area contributed by atoms with E-state index in [1.54, 1.807) is 18.4 Å². The van der Waals surface area contributed by atoms with E-state index in [4.69, 9.17) is 9.72 Å². The smallest absolute Gasteiger partial charge is 0.348 e. The first-order valence-electron chi connectivity index (χ1n) is 11.7. The second-order valence-electron chi connectivity index (χ2n) is 8.90. The summed E-state index contributed by atoms with van der Waals surface area (Å²) < 4.78 is 5.33. The lowest BCUT2D eigenvalue weighted by Gasteiger charge is -2.08. The van der Waals surface area contributed by atoms with E-state index in [9.17, 15) is 9.90 Å². The second-order valence-corrected chi connectivity index (χ2v) is 11.0. The predicted molar refractivity (Wildman–Crippen MR) is 147 cm³/mol. The first-order valence-corrected chi connectivity index (χ1v) is 13.3. The van der Waals surface area contributed by atoms with Crippen molar-refractivity contribution in [3.8, 4) is 27.4 Å². The van der Waals surface area contributed by atoms with Crippen LogP contribution in [0.15, 0.2) is 48.5 Å². The number of anilines is 2. The molecule has 7 heteroatoms. The Morgan fingerprint density at radius 3 is 2.57 bits per heavy atom. The second kappa shape index (κ2) is 10.6. The van der Waals surface area contributed by atoms with Crippen LogP contribution in [0.4, 0.5) is 10.8 Å². The molecule has 2 aromatic carbocycles. The lowest BCUT2D eigenvalue weighted by atomic mass is 9.99. The highest BCUT2D eigenvalue weighted by molar-refractivity contribution is 7.18. The first kappa shape index (κ1) is 24.9. The third kappa shape index (κ3) is 5.57. The fraction of sp³-hybridized carbons (Fsp3) is 0.286. The van der Waals surface area contributed by atoms with Crippen LogP contribution in [0.5, 0.6) is 5.75 Å². The number of thiophene rings is 1. The quantitative estimate of drug-likeness (QED) is 0.240. The Hall–Kier alpha value is -3.16. The molecule has 2 N–H and O–H groups in total. The van der Waals surface area contributed by atoms with Crippen LogP contribution in [0.3, 0.4) is 0 Å². The highest BCUT2D eigenvalue weighted by atomic mass is 32.1. The summed E-state index contributed by atoms with van der Waals surface area (Å²) in [5, 5.41) is 13.9. The molecule has 0 aliphatic heterocycles. The number of aryl methyl sites for hydroxylation is 2. The highest BCUT2D eigenvalue weighted by Gasteiger charge is 2.20. The van der Waals surface area contributed by atoms with Gasteiger partial charge in [0.2, 0.25) is 0 Å².